The Balaban J connectivity index is 1.95. The van der Waals surface area contributed by atoms with Gasteiger partial charge < -0.3 is 4.74 Å². The third-order valence-electron chi connectivity index (χ3n) is 3.25. The molecule has 2 unspecified atom stereocenters. The minimum absolute atomic E-state index is 0.461. The van der Waals surface area contributed by atoms with Gasteiger partial charge in [0.1, 0.15) is 0 Å². The van der Waals surface area contributed by atoms with Crippen molar-refractivity contribution >= 4 is 0 Å². The monoisotopic (exact) mass is 124 g/mol. The molecule has 0 aromatic carbocycles. The van der Waals surface area contributed by atoms with Gasteiger partial charge in [0.15, 0.2) is 0 Å². The summed E-state index contributed by atoms with van der Waals surface area (Å²) in [6.07, 6.45) is 7.61. The van der Waals surface area contributed by atoms with Crippen molar-refractivity contribution in [1.29, 1.82) is 0 Å². The van der Waals surface area contributed by atoms with Crippen molar-refractivity contribution < 1.29 is 4.74 Å². The van der Waals surface area contributed by atoms with Crippen LogP contribution in [0, 0.1) is 5.92 Å². The minimum atomic E-state index is 0.461. The molecule has 2 bridgehead atoms. The molecule has 1 nitrogen and oxygen atoms in total. The summed E-state index contributed by atoms with van der Waals surface area (Å²) in [5.74, 6) is 0.991. The molecule has 3 fully saturated rings. The molecule has 50 valence electrons. The van der Waals surface area contributed by atoms with Crippen molar-refractivity contribution in [2.75, 3.05) is 0 Å². The molecule has 2 aliphatic heterocycles. The third kappa shape index (κ3) is 0.454. The molecule has 1 spiro atoms. The summed E-state index contributed by atoms with van der Waals surface area (Å²) >= 11 is 0. The first kappa shape index (κ1) is 4.73. The lowest BCUT2D eigenvalue weighted by molar-refractivity contribution is -0.0341. The molecule has 1 heteroatoms. The van der Waals surface area contributed by atoms with Gasteiger partial charge in [-0.05, 0) is 38.0 Å². The molecule has 2 heterocycles. The van der Waals surface area contributed by atoms with Gasteiger partial charge in [0.2, 0.25) is 0 Å². The second-order valence-electron chi connectivity index (χ2n) is 3.83. The Hall–Kier alpha value is -0.0400. The summed E-state index contributed by atoms with van der Waals surface area (Å²) in [7, 11) is 0. The molecule has 0 radical (unpaired) electrons. The molecule has 3 atom stereocenters. The van der Waals surface area contributed by atoms with Crippen LogP contribution in [0.1, 0.15) is 32.1 Å². The van der Waals surface area contributed by atoms with Crippen LogP contribution in [0.4, 0.5) is 0 Å². The molecule has 0 amide bonds. The van der Waals surface area contributed by atoms with Gasteiger partial charge in [0, 0.05) is 0 Å². The zero-order valence-electron chi connectivity index (χ0n) is 5.60. The fourth-order valence-corrected chi connectivity index (χ4v) is 2.67. The Morgan fingerprint density at radius 3 is 3.22 bits per heavy atom. The lowest BCUT2D eigenvalue weighted by atomic mass is 10.1. The van der Waals surface area contributed by atoms with E-state index in [9.17, 15) is 0 Å². The average Bonchev–Trinajstić information content (AvgIpc) is 2.38. The molecule has 9 heavy (non-hydrogen) atoms. The van der Waals surface area contributed by atoms with Crippen molar-refractivity contribution in [3.8, 4) is 0 Å². The highest BCUT2D eigenvalue weighted by Crippen LogP contribution is 2.61. The van der Waals surface area contributed by atoms with Crippen LogP contribution >= 0.6 is 0 Å². The van der Waals surface area contributed by atoms with Gasteiger partial charge in [-0.25, -0.2) is 0 Å². The molecule has 2 saturated heterocycles. The molecule has 1 aliphatic carbocycles. The number of fused-ring (bicyclic) bond motifs is 1. The van der Waals surface area contributed by atoms with Crippen LogP contribution in [-0.4, -0.2) is 11.7 Å². The van der Waals surface area contributed by atoms with Crippen LogP contribution in [0.25, 0.3) is 0 Å². The van der Waals surface area contributed by atoms with Crippen molar-refractivity contribution in [2.45, 2.75) is 43.8 Å². The van der Waals surface area contributed by atoms with E-state index < -0.39 is 0 Å². The first-order chi connectivity index (χ1) is 4.39. The minimum Gasteiger partial charge on any atom is -0.371 e. The number of ether oxygens (including phenoxy) is 1. The fourth-order valence-electron chi connectivity index (χ4n) is 2.67. The van der Waals surface area contributed by atoms with E-state index in [-0.39, 0.29) is 0 Å². The fraction of sp³-hybridized carbons (Fsp3) is 1.00. The van der Waals surface area contributed by atoms with Gasteiger partial charge in [0.05, 0.1) is 11.7 Å². The van der Waals surface area contributed by atoms with E-state index in [1.807, 2.05) is 0 Å². The van der Waals surface area contributed by atoms with E-state index in [1.54, 1.807) is 0 Å². The van der Waals surface area contributed by atoms with E-state index in [2.05, 4.69) is 0 Å². The van der Waals surface area contributed by atoms with E-state index in [0.717, 1.165) is 5.92 Å². The summed E-state index contributed by atoms with van der Waals surface area (Å²) in [5, 5.41) is 0. The molecule has 0 aromatic heterocycles. The van der Waals surface area contributed by atoms with Crippen LogP contribution in [0.3, 0.4) is 0 Å². The Morgan fingerprint density at radius 2 is 2.44 bits per heavy atom. The zero-order valence-corrected chi connectivity index (χ0v) is 5.60. The maximum Gasteiger partial charge on any atom is 0.0720 e. The van der Waals surface area contributed by atoms with Crippen LogP contribution < -0.4 is 0 Å². The van der Waals surface area contributed by atoms with E-state index in [0.29, 0.717) is 11.7 Å². The number of hydrogen-bond donors (Lipinski definition) is 0. The maximum atomic E-state index is 5.86. The highest BCUT2D eigenvalue weighted by atomic mass is 16.5. The van der Waals surface area contributed by atoms with Gasteiger partial charge in [0.25, 0.3) is 0 Å². The average molecular weight is 124 g/mol. The van der Waals surface area contributed by atoms with E-state index >= 15 is 0 Å². The van der Waals surface area contributed by atoms with E-state index in [4.69, 9.17) is 4.74 Å². The normalized spacial score (nSPS) is 61.3. The second kappa shape index (κ2) is 1.20. The molecule has 0 N–H and O–H groups in total. The van der Waals surface area contributed by atoms with Gasteiger partial charge in [-0.3, -0.25) is 0 Å². The molecule has 3 aliphatic rings. The maximum absolute atomic E-state index is 5.86. The summed E-state index contributed by atoms with van der Waals surface area (Å²) in [6.45, 7) is 0. The summed E-state index contributed by atoms with van der Waals surface area (Å²) in [4.78, 5) is 0. The second-order valence-corrected chi connectivity index (χ2v) is 3.83. The molecule has 0 aromatic rings. The topological polar surface area (TPSA) is 9.23 Å². The Kier molecular flexibility index (Phi) is 0.628. The van der Waals surface area contributed by atoms with Gasteiger partial charge in [-0.15, -0.1) is 0 Å². The largest absolute Gasteiger partial charge is 0.371 e. The molecular weight excluding hydrogens is 112 g/mol. The Morgan fingerprint density at radius 1 is 1.44 bits per heavy atom. The quantitative estimate of drug-likeness (QED) is 0.477. The standard InChI is InChI=1S/C8H12O/c1-2-7-4-6-5-8(6,3-1)9-7/h6-7H,1-5H2/t6-,7?,8?/m0/s1. The van der Waals surface area contributed by atoms with Gasteiger partial charge in [-0.1, -0.05) is 0 Å². The lowest BCUT2D eigenvalue weighted by Gasteiger charge is -2.23. The predicted octanol–water partition coefficient (Wildman–Crippen LogP) is 1.72. The molecule has 3 rings (SSSR count). The Bertz CT molecular complexity index is 153. The summed E-state index contributed by atoms with van der Waals surface area (Å²) < 4.78 is 5.86. The first-order valence-electron chi connectivity index (χ1n) is 4.07. The molecular formula is C8H12O. The summed E-state index contributed by atoms with van der Waals surface area (Å²) in [6, 6.07) is 0. The summed E-state index contributed by atoms with van der Waals surface area (Å²) in [5.41, 5.74) is 0.461. The van der Waals surface area contributed by atoms with Crippen molar-refractivity contribution in [3.63, 3.8) is 0 Å². The van der Waals surface area contributed by atoms with E-state index in [1.165, 1.54) is 32.1 Å². The van der Waals surface area contributed by atoms with Gasteiger partial charge in [-0.2, -0.15) is 0 Å². The highest BCUT2D eigenvalue weighted by Gasteiger charge is 2.62. The van der Waals surface area contributed by atoms with Crippen molar-refractivity contribution in [2.24, 2.45) is 5.92 Å². The van der Waals surface area contributed by atoms with Crippen LogP contribution in [0.5, 0.6) is 0 Å². The third-order valence-corrected chi connectivity index (χ3v) is 3.25. The van der Waals surface area contributed by atoms with Crippen LogP contribution in [0.2, 0.25) is 0 Å². The van der Waals surface area contributed by atoms with Gasteiger partial charge >= 0.3 is 0 Å². The Labute approximate surface area is 55.4 Å². The number of hydrogen-bond acceptors (Lipinski definition) is 1. The van der Waals surface area contributed by atoms with Crippen LogP contribution in [0.15, 0.2) is 0 Å². The zero-order chi connectivity index (χ0) is 5.90. The molecule has 1 saturated carbocycles. The first-order valence-corrected chi connectivity index (χ1v) is 4.07. The van der Waals surface area contributed by atoms with Crippen molar-refractivity contribution in [1.82, 2.24) is 0 Å². The smallest absolute Gasteiger partial charge is 0.0720 e. The van der Waals surface area contributed by atoms with Crippen LogP contribution in [-0.2, 0) is 4.74 Å². The lowest BCUT2D eigenvalue weighted by Crippen LogP contribution is -2.22. The van der Waals surface area contributed by atoms with Crippen molar-refractivity contribution in [3.05, 3.63) is 0 Å². The SMILES string of the molecule is C1CC2C[C@H]3CC3(C1)O2. The predicted molar refractivity (Wildman–Crippen MR) is 34.2 cm³/mol. The number of rotatable bonds is 0. The highest BCUT2D eigenvalue weighted by molar-refractivity contribution is 5.12.